The number of rotatable bonds is 8. The van der Waals surface area contributed by atoms with E-state index >= 15 is 0 Å². The summed E-state index contributed by atoms with van der Waals surface area (Å²) in [5, 5.41) is 2.90. The molecule has 2 aromatic rings. The van der Waals surface area contributed by atoms with Crippen LogP contribution < -0.4 is 10.1 Å². The van der Waals surface area contributed by atoms with Crippen LogP contribution in [0.5, 0.6) is 5.75 Å². The summed E-state index contributed by atoms with van der Waals surface area (Å²) in [6, 6.07) is 15.8. The molecular formula is C19H22FNO2. The van der Waals surface area contributed by atoms with Crippen LogP contribution in [0, 0.1) is 5.82 Å². The number of halogens is 1. The minimum atomic E-state index is -0.483. The van der Waals surface area contributed by atoms with Crippen LogP contribution in [-0.2, 0) is 11.2 Å². The van der Waals surface area contributed by atoms with Crippen LogP contribution in [0.25, 0.3) is 0 Å². The molecule has 4 heteroatoms. The first-order valence-corrected chi connectivity index (χ1v) is 7.93. The molecule has 0 aliphatic heterocycles. The maximum atomic E-state index is 12.8. The quantitative estimate of drug-likeness (QED) is 0.754. The van der Waals surface area contributed by atoms with Gasteiger partial charge >= 0.3 is 0 Å². The van der Waals surface area contributed by atoms with Gasteiger partial charge in [-0.2, -0.15) is 0 Å². The van der Waals surface area contributed by atoms with Crippen molar-refractivity contribution in [1.82, 2.24) is 5.32 Å². The molecule has 0 aliphatic carbocycles. The lowest BCUT2D eigenvalue weighted by atomic mass is 10.1. The Labute approximate surface area is 136 Å². The summed E-state index contributed by atoms with van der Waals surface area (Å²) in [6.07, 6.45) is 1.73. The third-order valence-corrected chi connectivity index (χ3v) is 3.54. The van der Waals surface area contributed by atoms with Crippen molar-refractivity contribution in [3.63, 3.8) is 0 Å². The monoisotopic (exact) mass is 315 g/mol. The van der Waals surface area contributed by atoms with Gasteiger partial charge in [0.1, 0.15) is 11.6 Å². The standard InChI is InChI=1S/C19H22FNO2/c1-2-18(23-17-8-4-3-5-9-17)19(22)21-14-6-7-15-10-12-16(20)13-11-15/h3-5,8-13,18H,2,6-7,14H2,1H3,(H,21,22). The number of ether oxygens (including phenoxy) is 1. The summed E-state index contributed by atoms with van der Waals surface area (Å²) in [5.41, 5.74) is 1.06. The smallest absolute Gasteiger partial charge is 0.261 e. The number of benzene rings is 2. The molecule has 0 saturated carbocycles. The van der Waals surface area contributed by atoms with Crippen molar-refractivity contribution in [3.05, 3.63) is 66.0 Å². The van der Waals surface area contributed by atoms with Gasteiger partial charge in [0.05, 0.1) is 0 Å². The summed E-state index contributed by atoms with van der Waals surface area (Å²) in [7, 11) is 0. The number of hydrogen-bond donors (Lipinski definition) is 1. The van der Waals surface area contributed by atoms with Gasteiger partial charge in [0.2, 0.25) is 0 Å². The van der Waals surface area contributed by atoms with Crippen molar-refractivity contribution < 1.29 is 13.9 Å². The van der Waals surface area contributed by atoms with Gasteiger partial charge in [-0.3, -0.25) is 4.79 Å². The molecule has 0 heterocycles. The minimum absolute atomic E-state index is 0.101. The highest BCUT2D eigenvalue weighted by Gasteiger charge is 2.17. The molecule has 2 rings (SSSR count). The highest BCUT2D eigenvalue weighted by Crippen LogP contribution is 2.12. The number of para-hydroxylation sites is 1. The molecule has 23 heavy (non-hydrogen) atoms. The fourth-order valence-electron chi connectivity index (χ4n) is 2.25. The fraction of sp³-hybridized carbons (Fsp3) is 0.316. The Bertz CT molecular complexity index is 599. The highest BCUT2D eigenvalue weighted by atomic mass is 19.1. The molecule has 122 valence electrons. The van der Waals surface area contributed by atoms with Crippen molar-refractivity contribution in [3.8, 4) is 5.75 Å². The summed E-state index contributed by atoms with van der Waals surface area (Å²) < 4.78 is 18.5. The van der Waals surface area contributed by atoms with E-state index in [1.165, 1.54) is 12.1 Å². The van der Waals surface area contributed by atoms with Gasteiger partial charge in [0.25, 0.3) is 5.91 Å². The molecule has 0 radical (unpaired) electrons. The van der Waals surface area contributed by atoms with Gasteiger partial charge in [-0.05, 0) is 49.1 Å². The maximum absolute atomic E-state index is 12.8. The first-order valence-electron chi connectivity index (χ1n) is 7.93. The van der Waals surface area contributed by atoms with E-state index in [1.54, 1.807) is 12.1 Å². The Morgan fingerprint density at radius 2 is 1.83 bits per heavy atom. The third kappa shape index (κ3) is 5.74. The lowest BCUT2D eigenvalue weighted by molar-refractivity contribution is -0.128. The third-order valence-electron chi connectivity index (χ3n) is 3.54. The predicted molar refractivity (Wildman–Crippen MR) is 88.9 cm³/mol. The van der Waals surface area contributed by atoms with Crippen LogP contribution in [0.1, 0.15) is 25.3 Å². The SMILES string of the molecule is CCC(Oc1ccccc1)C(=O)NCCCc1ccc(F)cc1. The number of nitrogens with one attached hydrogen (secondary N) is 1. The van der Waals surface area contributed by atoms with Crippen LogP contribution in [0.2, 0.25) is 0 Å². The molecule has 1 N–H and O–H groups in total. The van der Waals surface area contributed by atoms with E-state index in [1.807, 2.05) is 37.3 Å². The molecule has 2 aromatic carbocycles. The average molecular weight is 315 g/mol. The first-order chi connectivity index (χ1) is 11.2. The van der Waals surface area contributed by atoms with E-state index in [4.69, 9.17) is 4.74 Å². The largest absolute Gasteiger partial charge is 0.481 e. The van der Waals surface area contributed by atoms with Gasteiger partial charge in [0, 0.05) is 6.54 Å². The van der Waals surface area contributed by atoms with Crippen molar-refractivity contribution in [1.29, 1.82) is 0 Å². The van der Waals surface area contributed by atoms with E-state index in [2.05, 4.69) is 5.32 Å². The molecular weight excluding hydrogens is 293 g/mol. The molecule has 0 saturated heterocycles. The molecule has 1 unspecified atom stereocenters. The number of amides is 1. The molecule has 0 spiro atoms. The molecule has 0 fully saturated rings. The van der Waals surface area contributed by atoms with E-state index < -0.39 is 6.10 Å². The molecule has 1 atom stereocenters. The molecule has 0 aliphatic rings. The maximum Gasteiger partial charge on any atom is 0.261 e. The van der Waals surface area contributed by atoms with E-state index in [0.717, 1.165) is 18.4 Å². The topological polar surface area (TPSA) is 38.3 Å². The average Bonchev–Trinajstić information content (AvgIpc) is 2.59. The Hall–Kier alpha value is -2.36. The van der Waals surface area contributed by atoms with Crippen LogP contribution in [0.3, 0.4) is 0 Å². The summed E-state index contributed by atoms with van der Waals surface area (Å²) >= 11 is 0. The number of aryl methyl sites for hydroxylation is 1. The van der Waals surface area contributed by atoms with E-state index in [-0.39, 0.29) is 11.7 Å². The normalized spacial score (nSPS) is 11.7. The summed E-state index contributed by atoms with van der Waals surface area (Å²) in [6.45, 7) is 2.50. The van der Waals surface area contributed by atoms with Crippen LogP contribution >= 0.6 is 0 Å². The van der Waals surface area contributed by atoms with Crippen molar-refractivity contribution in [2.24, 2.45) is 0 Å². The minimum Gasteiger partial charge on any atom is -0.481 e. The molecule has 1 amide bonds. The fourth-order valence-corrected chi connectivity index (χ4v) is 2.25. The summed E-state index contributed by atoms with van der Waals surface area (Å²) in [4.78, 5) is 12.1. The Kier molecular flexibility index (Phi) is 6.60. The first kappa shape index (κ1) is 17.0. The second-order valence-corrected chi connectivity index (χ2v) is 5.35. The number of carbonyl (C=O) groups excluding carboxylic acids is 1. The number of hydrogen-bond acceptors (Lipinski definition) is 2. The van der Waals surface area contributed by atoms with Gasteiger partial charge in [0.15, 0.2) is 6.10 Å². The zero-order valence-corrected chi connectivity index (χ0v) is 13.3. The molecule has 0 bridgehead atoms. The second-order valence-electron chi connectivity index (χ2n) is 5.35. The van der Waals surface area contributed by atoms with Crippen LogP contribution in [0.15, 0.2) is 54.6 Å². The van der Waals surface area contributed by atoms with Crippen molar-refractivity contribution >= 4 is 5.91 Å². The van der Waals surface area contributed by atoms with Crippen LogP contribution in [0.4, 0.5) is 4.39 Å². The highest BCUT2D eigenvalue weighted by molar-refractivity contribution is 5.81. The van der Waals surface area contributed by atoms with Crippen molar-refractivity contribution in [2.75, 3.05) is 6.54 Å². The Balaban J connectivity index is 1.73. The van der Waals surface area contributed by atoms with Gasteiger partial charge < -0.3 is 10.1 Å². The van der Waals surface area contributed by atoms with Crippen molar-refractivity contribution in [2.45, 2.75) is 32.3 Å². The van der Waals surface area contributed by atoms with Crippen LogP contribution in [-0.4, -0.2) is 18.6 Å². The van der Waals surface area contributed by atoms with Gasteiger partial charge in [-0.25, -0.2) is 4.39 Å². The van der Waals surface area contributed by atoms with Gasteiger partial charge in [-0.1, -0.05) is 37.3 Å². The van der Waals surface area contributed by atoms with Gasteiger partial charge in [-0.15, -0.1) is 0 Å². The Morgan fingerprint density at radius 1 is 1.13 bits per heavy atom. The zero-order valence-electron chi connectivity index (χ0n) is 13.3. The Morgan fingerprint density at radius 3 is 2.48 bits per heavy atom. The summed E-state index contributed by atoms with van der Waals surface area (Å²) in [5.74, 6) is 0.363. The molecule has 3 nitrogen and oxygen atoms in total. The van der Waals surface area contributed by atoms with E-state index in [9.17, 15) is 9.18 Å². The zero-order chi connectivity index (χ0) is 16.5. The molecule has 0 aromatic heterocycles. The lowest BCUT2D eigenvalue weighted by Gasteiger charge is -2.17. The second kappa shape index (κ2) is 8.93. The lowest BCUT2D eigenvalue weighted by Crippen LogP contribution is -2.38. The predicted octanol–water partition coefficient (Wildman–Crippen LogP) is 3.73. The number of carbonyl (C=O) groups is 1. The van der Waals surface area contributed by atoms with E-state index in [0.29, 0.717) is 18.7 Å².